The first-order chi connectivity index (χ1) is 13.9. The molecule has 1 amide bonds. The van der Waals surface area contributed by atoms with Gasteiger partial charge in [0.15, 0.2) is 6.29 Å². The van der Waals surface area contributed by atoms with Crippen LogP contribution in [0.15, 0.2) is 0 Å². The number of carbonyl (C=O) groups is 2. The molecule has 1 radical (unpaired) electrons. The average Bonchev–Trinajstić information content (AvgIpc) is 2.69. The van der Waals surface area contributed by atoms with E-state index < -0.39 is 24.2 Å². The normalized spacial score (nSPS) is 14.2. The molecule has 0 aromatic heterocycles. The SMILES string of the molecule is O=[C]CC[C@H](NC(=O)CCCCCCC[C@H](O)[C@H](O)CCCCCCO)C(=O)O. The van der Waals surface area contributed by atoms with E-state index in [0.29, 0.717) is 19.3 Å². The van der Waals surface area contributed by atoms with Gasteiger partial charge >= 0.3 is 5.97 Å². The number of aliphatic hydroxyl groups is 3. The Morgan fingerprint density at radius 3 is 1.83 bits per heavy atom. The fourth-order valence-corrected chi connectivity index (χ4v) is 3.10. The first-order valence-corrected chi connectivity index (χ1v) is 10.8. The summed E-state index contributed by atoms with van der Waals surface area (Å²) < 4.78 is 0. The summed E-state index contributed by atoms with van der Waals surface area (Å²) in [4.78, 5) is 33.0. The predicted molar refractivity (Wildman–Crippen MR) is 109 cm³/mol. The highest BCUT2D eigenvalue weighted by molar-refractivity contribution is 5.83. The molecule has 0 saturated heterocycles. The molecule has 8 nitrogen and oxygen atoms in total. The molecule has 29 heavy (non-hydrogen) atoms. The minimum absolute atomic E-state index is 0.0263. The lowest BCUT2D eigenvalue weighted by atomic mass is 10.00. The molecule has 0 saturated carbocycles. The van der Waals surface area contributed by atoms with Gasteiger partial charge in [0.25, 0.3) is 0 Å². The van der Waals surface area contributed by atoms with E-state index in [9.17, 15) is 24.6 Å². The van der Waals surface area contributed by atoms with E-state index in [-0.39, 0.29) is 31.8 Å². The quantitative estimate of drug-likeness (QED) is 0.190. The van der Waals surface area contributed by atoms with Crippen molar-refractivity contribution in [3.63, 3.8) is 0 Å². The zero-order valence-electron chi connectivity index (χ0n) is 17.4. The minimum atomic E-state index is -1.15. The number of carbonyl (C=O) groups excluding carboxylic acids is 2. The van der Waals surface area contributed by atoms with E-state index in [1.807, 2.05) is 0 Å². The smallest absolute Gasteiger partial charge is 0.326 e. The van der Waals surface area contributed by atoms with Crippen LogP contribution in [0.4, 0.5) is 0 Å². The third-order valence-corrected chi connectivity index (χ3v) is 4.92. The first kappa shape index (κ1) is 27.5. The van der Waals surface area contributed by atoms with Gasteiger partial charge in [-0.2, -0.15) is 0 Å². The van der Waals surface area contributed by atoms with Crippen molar-refractivity contribution >= 4 is 18.2 Å². The van der Waals surface area contributed by atoms with Crippen molar-refractivity contribution in [1.82, 2.24) is 5.32 Å². The summed E-state index contributed by atoms with van der Waals surface area (Å²) in [6.45, 7) is 0.193. The van der Waals surface area contributed by atoms with Crippen LogP contribution in [0.3, 0.4) is 0 Å². The van der Waals surface area contributed by atoms with Crippen LogP contribution >= 0.6 is 0 Å². The number of hydrogen-bond acceptors (Lipinski definition) is 6. The second kappa shape index (κ2) is 18.5. The number of rotatable bonds is 20. The van der Waals surface area contributed by atoms with Gasteiger partial charge in [0.05, 0.1) is 12.2 Å². The van der Waals surface area contributed by atoms with Crippen LogP contribution < -0.4 is 5.32 Å². The van der Waals surface area contributed by atoms with Crippen LogP contribution in [-0.2, 0) is 14.4 Å². The zero-order chi connectivity index (χ0) is 21.9. The van der Waals surface area contributed by atoms with Gasteiger partial charge in [-0.3, -0.25) is 9.59 Å². The molecule has 0 aliphatic carbocycles. The Morgan fingerprint density at radius 1 is 0.793 bits per heavy atom. The van der Waals surface area contributed by atoms with Crippen LogP contribution in [0.1, 0.15) is 89.9 Å². The van der Waals surface area contributed by atoms with Gasteiger partial charge in [-0.15, -0.1) is 0 Å². The van der Waals surface area contributed by atoms with E-state index in [1.54, 1.807) is 6.29 Å². The van der Waals surface area contributed by atoms with Gasteiger partial charge in [0, 0.05) is 19.4 Å². The molecule has 169 valence electrons. The minimum Gasteiger partial charge on any atom is -0.480 e. The van der Waals surface area contributed by atoms with Crippen molar-refractivity contribution in [2.24, 2.45) is 0 Å². The van der Waals surface area contributed by atoms with Crippen LogP contribution in [0.2, 0.25) is 0 Å². The fourth-order valence-electron chi connectivity index (χ4n) is 3.10. The van der Waals surface area contributed by atoms with Gasteiger partial charge in [-0.25, -0.2) is 4.79 Å². The molecule has 0 rings (SSSR count). The second-order valence-electron chi connectivity index (χ2n) is 7.51. The van der Waals surface area contributed by atoms with Gasteiger partial charge in [-0.1, -0.05) is 44.9 Å². The highest BCUT2D eigenvalue weighted by Crippen LogP contribution is 2.14. The molecule has 0 aromatic rings. The molecule has 3 atom stereocenters. The number of aliphatic hydroxyl groups excluding tert-OH is 3. The van der Waals surface area contributed by atoms with E-state index in [0.717, 1.165) is 51.4 Å². The molecular weight excluding hydrogens is 378 g/mol. The van der Waals surface area contributed by atoms with Crippen molar-refractivity contribution in [2.75, 3.05) is 6.61 Å². The van der Waals surface area contributed by atoms with Gasteiger partial charge in [0.1, 0.15) is 6.04 Å². The Labute approximate surface area is 173 Å². The molecule has 0 aliphatic rings. The maximum absolute atomic E-state index is 11.8. The molecule has 0 aromatic carbocycles. The van der Waals surface area contributed by atoms with E-state index in [4.69, 9.17) is 10.2 Å². The van der Waals surface area contributed by atoms with Crippen molar-refractivity contribution in [2.45, 2.75) is 108 Å². The Kier molecular flexibility index (Phi) is 17.6. The number of carboxylic acid groups (broad SMARTS) is 1. The van der Waals surface area contributed by atoms with Crippen LogP contribution in [0.25, 0.3) is 0 Å². The summed E-state index contributed by atoms with van der Waals surface area (Å²) in [7, 11) is 0. The third kappa shape index (κ3) is 16.0. The van der Waals surface area contributed by atoms with Crippen molar-refractivity contribution in [1.29, 1.82) is 0 Å². The molecule has 0 aliphatic heterocycles. The number of amides is 1. The standard InChI is InChI=1S/C21H38NO7/c23-15-9-5-4-7-13-19(26)18(25)12-6-2-1-3-8-14-20(27)22-17(21(28)29)11-10-16-24/h17-19,23,25-26H,1-15H2,(H,22,27)(H,28,29)/t17-,18-,19+/m0/s1. The molecular formula is C21H38NO7. The van der Waals surface area contributed by atoms with Gasteiger partial charge < -0.3 is 25.7 Å². The lowest BCUT2D eigenvalue weighted by Gasteiger charge is -2.17. The zero-order valence-corrected chi connectivity index (χ0v) is 17.4. The summed E-state index contributed by atoms with van der Waals surface area (Å²) in [6.07, 6.45) is 9.18. The number of nitrogens with one attached hydrogen (secondary N) is 1. The molecule has 5 N–H and O–H groups in total. The van der Waals surface area contributed by atoms with Crippen LogP contribution in [0, 0.1) is 0 Å². The topological polar surface area (TPSA) is 144 Å². The largest absolute Gasteiger partial charge is 0.480 e. The van der Waals surface area contributed by atoms with Crippen molar-refractivity contribution in [3.05, 3.63) is 0 Å². The molecule has 0 unspecified atom stereocenters. The van der Waals surface area contributed by atoms with Crippen molar-refractivity contribution in [3.8, 4) is 0 Å². The third-order valence-electron chi connectivity index (χ3n) is 4.92. The van der Waals surface area contributed by atoms with Gasteiger partial charge in [0.2, 0.25) is 5.91 Å². The summed E-state index contributed by atoms with van der Waals surface area (Å²) >= 11 is 0. The summed E-state index contributed by atoms with van der Waals surface area (Å²) in [5.41, 5.74) is 0. The fraction of sp³-hybridized carbons (Fsp3) is 0.857. The lowest BCUT2D eigenvalue weighted by Crippen LogP contribution is -2.40. The Hall–Kier alpha value is -1.51. The molecule has 0 heterocycles. The Bertz CT molecular complexity index is 445. The monoisotopic (exact) mass is 416 g/mol. The van der Waals surface area contributed by atoms with Crippen LogP contribution in [-0.4, -0.2) is 63.4 Å². The number of unbranched alkanes of at least 4 members (excludes halogenated alkanes) is 7. The highest BCUT2D eigenvalue weighted by atomic mass is 16.4. The predicted octanol–water partition coefficient (Wildman–Crippen LogP) is 1.84. The average molecular weight is 417 g/mol. The second-order valence-corrected chi connectivity index (χ2v) is 7.51. The van der Waals surface area contributed by atoms with Crippen molar-refractivity contribution < 1.29 is 34.8 Å². The highest BCUT2D eigenvalue weighted by Gasteiger charge is 2.19. The summed E-state index contributed by atoms with van der Waals surface area (Å²) in [6, 6.07) is -1.05. The number of aliphatic carboxylic acids is 1. The molecule has 8 heteroatoms. The summed E-state index contributed by atoms with van der Waals surface area (Å²) in [5, 5.41) is 40.0. The van der Waals surface area contributed by atoms with E-state index >= 15 is 0 Å². The summed E-state index contributed by atoms with van der Waals surface area (Å²) in [5.74, 6) is -1.49. The number of hydrogen-bond donors (Lipinski definition) is 5. The Morgan fingerprint density at radius 2 is 1.31 bits per heavy atom. The maximum atomic E-state index is 11.8. The van der Waals surface area contributed by atoms with Gasteiger partial charge in [-0.05, 0) is 32.1 Å². The molecule has 0 fully saturated rings. The Balaban J connectivity index is 3.69. The number of carboxylic acids is 1. The molecule has 0 bridgehead atoms. The lowest BCUT2D eigenvalue weighted by molar-refractivity contribution is -0.142. The maximum Gasteiger partial charge on any atom is 0.326 e. The first-order valence-electron chi connectivity index (χ1n) is 10.8. The van der Waals surface area contributed by atoms with Crippen LogP contribution in [0.5, 0.6) is 0 Å². The van der Waals surface area contributed by atoms with E-state index in [1.165, 1.54) is 0 Å². The van der Waals surface area contributed by atoms with E-state index in [2.05, 4.69) is 5.32 Å². The molecule has 0 spiro atoms.